The van der Waals surface area contributed by atoms with E-state index in [1.54, 1.807) is 7.05 Å². The van der Waals surface area contributed by atoms with E-state index in [4.69, 9.17) is 5.41 Å². The zero-order valence-corrected chi connectivity index (χ0v) is 23.0. The zero-order chi connectivity index (χ0) is 26.4. The molecule has 6 rings (SSSR count). The van der Waals surface area contributed by atoms with Crippen molar-refractivity contribution in [2.24, 2.45) is 17.8 Å². The van der Waals surface area contributed by atoms with E-state index >= 15 is 0 Å². The average molecular weight is 518 g/mol. The Morgan fingerprint density at radius 3 is 2.50 bits per heavy atom. The topological polar surface area (TPSA) is 91.1 Å². The summed E-state index contributed by atoms with van der Waals surface area (Å²) in [5.74, 6) is 2.15. The number of rotatable bonds is 6. The highest BCUT2D eigenvalue weighted by atomic mass is 16.1. The van der Waals surface area contributed by atoms with Gasteiger partial charge in [-0.05, 0) is 75.3 Å². The van der Waals surface area contributed by atoms with Gasteiger partial charge in [-0.3, -0.25) is 14.5 Å². The second kappa shape index (κ2) is 10.6. The molecule has 1 aromatic heterocycles. The molecule has 2 aromatic rings. The third-order valence-electron chi connectivity index (χ3n) is 10.3. The fourth-order valence-corrected chi connectivity index (χ4v) is 8.54. The number of nitrogens with one attached hydrogen (secondary N) is 2. The van der Waals surface area contributed by atoms with E-state index in [1.165, 1.54) is 51.4 Å². The molecule has 2 bridgehead atoms. The summed E-state index contributed by atoms with van der Waals surface area (Å²) >= 11 is 0. The van der Waals surface area contributed by atoms with Crippen molar-refractivity contribution >= 4 is 22.7 Å². The van der Waals surface area contributed by atoms with Crippen LogP contribution >= 0.6 is 0 Å². The summed E-state index contributed by atoms with van der Waals surface area (Å²) < 4.78 is 1.98. The van der Waals surface area contributed by atoms with Crippen molar-refractivity contribution in [3.63, 3.8) is 0 Å². The Bertz CT molecular complexity index is 1260. The number of amides is 1. The molecular formula is C31H43N5O2. The molecule has 0 radical (unpaired) electrons. The first-order chi connectivity index (χ1) is 18.4. The highest BCUT2D eigenvalue weighted by Crippen LogP contribution is 2.51. The lowest BCUT2D eigenvalue weighted by Gasteiger charge is -2.55. The van der Waals surface area contributed by atoms with Gasteiger partial charge in [0.25, 0.3) is 5.56 Å². The highest BCUT2D eigenvalue weighted by molar-refractivity contribution is 5.99. The van der Waals surface area contributed by atoms with E-state index in [-0.39, 0.29) is 41.8 Å². The van der Waals surface area contributed by atoms with Gasteiger partial charge in [-0.2, -0.15) is 0 Å². The molecule has 3 aliphatic carbocycles. The van der Waals surface area contributed by atoms with Gasteiger partial charge in [-0.15, -0.1) is 0 Å². The van der Waals surface area contributed by atoms with Gasteiger partial charge >= 0.3 is 0 Å². The van der Waals surface area contributed by atoms with Crippen molar-refractivity contribution in [1.29, 1.82) is 5.41 Å². The average Bonchev–Trinajstić information content (AvgIpc) is 3.03. The lowest BCUT2D eigenvalue weighted by molar-refractivity contribution is -0.120. The second-order valence-corrected chi connectivity index (χ2v) is 12.6. The van der Waals surface area contributed by atoms with Crippen molar-refractivity contribution in [3.8, 4) is 0 Å². The molecule has 3 saturated carbocycles. The van der Waals surface area contributed by atoms with Gasteiger partial charge in [0.15, 0.2) is 0 Å². The molecule has 1 saturated heterocycles. The summed E-state index contributed by atoms with van der Waals surface area (Å²) in [4.78, 5) is 33.3. The molecule has 6 atom stereocenters. The summed E-state index contributed by atoms with van der Waals surface area (Å²) in [6.07, 6.45) is 13.4. The van der Waals surface area contributed by atoms with Crippen molar-refractivity contribution in [1.82, 2.24) is 19.8 Å². The smallest absolute Gasteiger partial charge is 0.279 e. The highest BCUT2D eigenvalue weighted by Gasteiger charge is 2.51. The van der Waals surface area contributed by atoms with Crippen LogP contribution in [0.25, 0.3) is 11.0 Å². The first kappa shape index (κ1) is 25.7. The largest absolute Gasteiger partial charge is 0.359 e. The van der Waals surface area contributed by atoms with Gasteiger partial charge in [-0.1, -0.05) is 37.8 Å². The van der Waals surface area contributed by atoms with E-state index in [9.17, 15) is 9.59 Å². The minimum absolute atomic E-state index is 0.128. The molecule has 1 aromatic carbocycles. The van der Waals surface area contributed by atoms with Gasteiger partial charge < -0.3 is 15.3 Å². The van der Waals surface area contributed by atoms with Gasteiger partial charge in [0.2, 0.25) is 5.91 Å². The van der Waals surface area contributed by atoms with Crippen LogP contribution in [0.1, 0.15) is 95.7 Å². The number of hydrogen-bond acceptors (Lipinski definition) is 5. The lowest BCUT2D eigenvalue weighted by atomic mass is 9.67. The number of benzene rings is 1. The molecule has 1 amide bonds. The van der Waals surface area contributed by atoms with E-state index in [0.29, 0.717) is 24.0 Å². The Morgan fingerprint density at radius 1 is 1.00 bits per heavy atom. The van der Waals surface area contributed by atoms with Crippen LogP contribution in [0.5, 0.6) is 0 Å². The fourth-order valence-electron chi connectivity index (χ4n) is 8.54. The minimum atomic E-state index is -0.162. The molecule has 1 aliphatic heterocycles. The van der Waals surface area contributed by atoms with Crippen LogP contribution < -0.4 is 10.9 Å². The SMILES string of the molecule is CNC(=O)CCC(=N)c1nc2ccccc2n([C@@H]2C[C@@H]3C2CCC[C@H](C)N3C2CC3CCCC(C3)C2)c1=O. The van der Waals surface area contributed by atoms with E-state index in [1.807, 2.05) is 28.8 Å². The Labute approximate surface area is 225 Å². The van der Waals surface area contributed by atoms with Crippen molar-refractivity contribution in [3.05, 3.63) is 40.3 Å². The molecule has 0 spiro atoms. The lowest BCUT2D eigenvalue weighted by Crippen LogP contribution is -2.60. The number of aromatic nitrogens is 2. The summed E-state index contributed by atoms with van der Waals surface area (Å²) in [6.45, 7) is 2.44. The minimum Gasteiger partial charge on any atom is -0.359 e. The van der Waals surface area contributed by atoms with Crippen molar-refractivity contribution in [2.75, 3.05) is 7.05 Å². The van der Waals surface area contributed by atoms with Crippen LogP contribution in [0.4, 0.5) is 0 Å². The number of likely N-dealkylation sites (tertiary alicyclic amines) is 1. The van der Waals surface area contributed by atoms with Crippen LogP contribution in [0.3, 0.4) is 0 Å². The maximum atomic E-state index is 14.0. The molecule has 3 unspecified atom stereocenters. The van der Waals surface area contributed by atoms with Crippen LogP contribution in [0.15, 0.2) is 29.1 Å². The number of hydrogen-bond donors (Lipinski definition) is 2. The fraction of sp³-hybridized carbons (Fsp3) is 0.677. The van der Waals surface area contributed by atoms with E-state index in [2.05, 4.69) is 22.1 Å². The third kappa shape index (κ3) is 4.61. The Morgan fingerprint density at radius 2 is 1.74 bits per heavy atom. The van der Waals surface area contributed by atoms with Gasteiger partial charge in [-0.25, -0.2) is 4.98 Å². The van der Waals surface area contributed by atoms with Gasteiger partial charge in [0.05, 0.1) is 16.7 Å². The number of carbonyl (C=O) groups excluding carboxylic acids is 1. The summed E-state index contributed by atoms with van der Waals surface area (Å²) in [6, 6.07) is 9.86. The zero-order valence-electron chi connectivity index (χ0n) is 23.0. The summed E-state index contributed by atoms with van der Waals surface area (Å²) in [5.41, 5.74) is 1.83. The Kier molecular flexibility index (Phi) is 7.14. The van der Waals surface area contributed by atoms with Crippen molar-refractivity contribution in [2.45, 2.75) is 108 Å². The molecule has 2 N–H and O–H groups in total. The van der Waals surface area contributed by atoms with Crippen LogP contribution in [-0.4, -0.2) is 51.2 Å². The molecule has 7 heteroatoms. The normalized spacial score (nSPS) is 33.2. The van der Waals surface area contributed by atoms with Crippen molar-refractivity contribution < 1.29 is 4.79 Å². The summed E-state index contributed by atoms with van der Waals surface area (Å²) in [5, 5.41) is 11.2. The molecule has 38 heavy (non-hydrogen) atoms. The summed E-state index contributed by atoms with van der Waals surface area (Å²) in [7, 11) is 1.59. The number of carbonyl (C=O) groups is 1. The van der Waals surface area contributed by atoms with Crippen LogP contribution in [-0.2, 0) is 4.79 Å². The molecule has 7 nitrogen and oxygen atoms in total. The maximum absolute atomic E-state index is 14.0. The second-order valence-electron chi connectivity index (χ2n) is 12.6. The number of nitrogens with zero attached hydrogens (tertiary/aromatic N) is 3. The first-order valence-corrected chi connectivity index (χ1v) is 15.0. The van der Waals surface area contributed by atoms with Gasteiger partial charge in [0.1, 0.15) is 5.69 Å². The molecule has 2 heterocycles. The maximum Gasteiger partial charge on any atom is 0.279 e. The number of para-hydroxylation sites is 2. The van der Waals surface area contributed by atoms with Crippen LogP contribution in [0.2, 0.25) is 0 Å². The molecule has 4 fully saturated rings. The monoisotopic (exact) mass is 517 g/mol. The van der Waals surface area contributed by atoms with Gasteiger partial charge in [0, 0.05) is 44.1 Å². The van der Waals surface area contributed by atoms with E-state index < -0.39 is 0 Å². The molecular weight excluding hydrogens is 474 g/mol. The Hall–Kier alpha value is -2.54. The predicted octanol–water partition coefficient (Wildman–Crippen LogP) is 5.06. The quantitative estimate of drug-likeness (QED) is 0.524. The first-order valence-electron chi connectivity index (χ1n) is 15.0. The van der Waals surface area contributed by atoms with Crippen LogP contribution in [0, 0.1) is 23.2 Å². The third-order valence-corrected chi connectivity index (χ3v) is 10.3. The standard InChI is InChI=1S/C31H43N5O2/c1-19-7-5-10-23-27(35(19)22-16-20-8-6-9-21(15-20)17-22)18-28(23)36-26-12-4-3-11-25(26)34-30(31(36)38)24(32)13-14-29(37)33-2/h3-4,11-12,19-23,27-28,32H,5-10,13-18H2,1-2H3,(H,33,37)/t19-,20?,21?,22?,23?,27+,28+/m0/s1. The molecule has 4 aliphatic rings. The Balaban J connectivity index is 1.31. The van der Waals surface area contributed by atoms with E-state index in [0.717, 1.165) is 35.7 Å². The predicted molar refractivity (Wildman–Crippen MR) is 151 cm³/mol. The molecule has 204 valence electrons. The number of fused-ring (bicyclic) bond motifs is 4.